The number of aromatic hydroxyl groups is 2. The van der Waals surface area contributed by atoms with E-state index in [9.17, 15) is 67.7 Å². The molecule has 0 radical (unpaired) electrons. The standard InChI is InChI=1S/C22H28N2O5.C17H20N2O5.C17H18N2O4.C17H20N2O4.C15H13N3O3.C15H12N2O3/c1-3-15-14-18(22(26)27)21(25)23-20(15)16-7-9-17(10-8-16)24(2)11-13-29-19-6-4-5-12-28-19;1-3-12-14(18-16(22)13(15(12)21)17(23)24)10-4-6-11(7-5-10)19(2)8-9-20;1-19(2)11-7-5-10(6-8-11)14-12(9-3-4-9)15(20)13(17(22)23)16(21)18-14;1-3-11-10-14(17(22)23)16(21)18-15(11)12-4-6-13(7-5-12)19(2)8-9-20;1-18(2)11-5-3-9(4-6-11)13-10(8-16)7-12(15(20)21)14(19)17-13;1-3-9-8-12(15(19)20)14(18)17-13(9)10-4-6-11(16-2)7-5-10/h7-10,14,19H,3-6,11-13H2,1-2H3,(H,23,25)(H,26,27);4-7,20H,3,8-9H2,1-2H3,(H,23,24)(H2,18,21,22);5-9H,3-4H2,1-2H3,(H,22,23)(H2,18,20,21);4-7,10,20H,3,8-9H2,1-2H3,(H,18,21)(H,22,23);3-7H,1-2H3,(H,17,19)(H,20,21);4-8H,3H2,1H3,(H,17,18)(H,19,20). The van der Waals surface area contributed by atoms with Crippen LogP contribution in [0.3, 0.4) is 0 Å². The lowest BCUT2D eigenvalue weighted by Crippen LogP contribution is -2.28. The fraction of sp³-hybridized carbons (Fsp3) is 0.282. The zero-order valence-corrected chi connectivity index (χ0v) is 79.0. The van der Waals surface area contributed by atoms with Gasteiger partial charge in [-0.3, -0.25) is 28.8 Å². The van der Waals surface area contributed by atoms with Crippen molar-refractivity contribution in [1.82, 2.24) is 29.9 Å². The van der Waals surface area contributed by atoms with Crippen molar-refractivity contribution < 1.29 is 89.3 Å². The van der Waals surface area contributed by atoms with Gasteiger partial charge in [0.25, 0.3) is 33.4 Å². The number of aliphatic hydroxyl groups is 2. The summed E-state index contributed by atoms with van der Waals surface area (Å²) in [7, 11) is 13.4. The molecule has 0 amide bonds. The van der Waals surface area contributed by atoms with Crippen LogP contribution in [0.15, 0.2) is 199 Å². The number of aryl methyl sites for hydroxylation is 3. The molecule has 0 bridgehead atoms. The number of pyridine rings is 6. The van der Waals surface area contributed by atoms with Crippen LogP contribution in [0.5, 0.6) is 11.5 Å². The number of aliphatic hydroxyl groups excluding tert-OH is 2. The molecular formula is C103H111N13O24. The average Bonchev–Trinajstić information content (AvgIpc) is 1.62. The van der Waals surface area contributed by atoms with Gasteiger partial charge in [0.1, 0.15) is 39.8 Å². The number of ether oxygens (including phenoxy) is 2. The van der Waals surface area contributed by atoms with Crippen molar-refractivity contribution in [3.8, 4) is 85.1 Å². The van der Waals surface area contributed by atoms with Crippen molar-refractivity contribution >= 4 is 69.9 Å². The van der Waals surface area contributed by atoms with Crippen LogP contribution in [0.1, 0.15) is 161 Å². The van der Waals surface area contributed by atoms with Gasteiger partial charge in [0.05, 0.1) is 66.1 Å². The third-order valence-electron chi connectivity index (χ3n) is 23.0. The maximum atomic E-state index is 12.1. The number of aromatic carboxylic acids is 6. The van der Waals surface area contributed by atoms with E-state index in [1.807, 2.05) is 193 Å². The molecule has 6 aromatic heterocycles. The normalized spacial score (nSPS) is 12.2. The van der Waals surface area contributed by atoms with Crippen LogP contribution in [0.2, 0.25) is 0 Å². The summed E-state index contributed by atoms with van der Waals surface area (Å²) in [5.41, 5.74) is 9.72. The third-order valence-corrected chi connectivity index (χ3v) is 23.0. The van der Waals surface area contributed by atoms with Gasteiger partial charge in [0.15, 0.2) is 23.1 Å². The zero-order chi connectivity index (χ0) is 103. The van der Waals surface area contributed by atoms with Crippen molar-refractivity contribution in [2.75, 3.05) is 120 Å². The van der Waals surface area contributed by atoms with E-state index in [-0.39, 0.29) is 47.7 Å². The Balaban J connectivity index is 0.000000188. The second-order valence-electron chi connectivity index (χ2n) is 32.7. The first-order chi connectivity index (χ1) is 66.8. The number of likely N-dealkylation sites (N-methyl/N-ethyl adjacent to an activating group) is 3. The first-order valence-electron chi connectivity index (χ1n) is 44.5. The van der Waals surface area contributed by atoms with Crippen LogP contribution in [-0.2, 0) is 35.2 Å². The number of carbonyl (C=O) groups is 6. The van der Waals surface area contributed by atoms with Crippen LogP contribution in [0.25, 0.3) is 72.4 Å². The highest BCUT2D eigenvalue weighted by Crippen LogP contribution is 2.48. The molecule has 16 N–H and O–H groups in total. The molecule has 732 valence electrons. The molecule has 0 spiro atoms. The lowest BCUT2D eigenvalue weighted by atomic mass is 9.98. The molecule has 1 unspecified atom stereocenters. The Kier molecular flexibility index (Phi) is 37.9. The van der Waals surface area contributed by atoms with Gasteiger partial charge >= 0.3 is 35.8 Å². The van der Waals surface area contributed by atoms with E-state index >= 15 is 0 Å². The summed E-state index contributed by atoms with van der Waals surface area (Å²) < 4.78 is 11.4. The highest BCUT2D eigenvalue weighted by Gasteiger charge is 2.34. The molecule has 7 heterocycles. The number of anilines is 5. The van der Waals surface area contributed by atoms with Crippen LogP contribution < -0.4 is 57.9 Å². The molecule has 1 aliphatic carbocycles. The molecule has 6 aromatic carbocycles. The Morgan fingerprint density at radius 1 is 0.407 bits per heavy atom. The van der Waals surface area contributed by atoms with E-state index in [0.717, 1.165) is 119 Å². The zero-order valence-electron chi connectivity index (χ0n) is 79.0. The average molecular weight is 1920 g/mol. The summed E-state index contributed by atoms with van der Waals surface area (Å²) in [6.07, 6.45) is 7.07. The van der Waals surface area contributed by atoms with E-state index in [0.29, 0.717) is 107 Å². The smallest absolute Gasteiger partial charge is 0.345 e. The fourth-order valence-corrected chi connectivity index (χ4v) is 15.1. The number of nitrogens with one attached hydrogen (secondary N) is 6. The van der Waals surface area contributed by atoms with Crippen LogP contribution in [0, 0.1) is 17.9 Å². The number of H-pyrrole nitrogens is 6. The predicted molar refractivity (Wildman–Crippen MR) is 533 cm³/mol. The number of carboxylic acid groups (broad SMARTS) is 6. The van der Waals surface area contributed by atoms with Crippen molar-refractivity contribution in [2.24, 2.45) is 0 Å². The predicted octanol–water partition coefficient (Wildman–Crippen LogP) is 13.4. The SMILES string of the molecule is CCc1c(-c2ccc(N(C)CCO)cc2)[nH]c(=O)c(C(=O)O)c1O.CCc1cc(C(=O)O)c(=O)[nH]c1-c1ccc(N(C)CCO)cc1.CCc1cc(C(=O)O)c(=O)[nH]c1-c1ccc(N(C)CCOC2CCCCO2)cc1.CN(C)c1ccc(-c2[nH]c(=O)c(C(=O)O)c(O)c2C2CC2)cc1.CN(C)c1ccc(-c2[nH]c(=O)c(C(=O)O)cc2C#N)cc1.[C-]#[N+]c1ccc(-c2[nH]c(=O)c(C(=O)O)cc2CC)cc1. The maximum Gasteiger partial charge on any atom is 0.345 e. The molecule has 1 saturated heterocycles. The lowest BCUT2D eigenvalue weighted by Gasteiger charge is -2.25. The van der Waals surface area contributed by atoms with Crippen molar-refractivity contribution in [3.63, 3.8) is 0 Å². The van der Waals surface area contributed by atoms with Gasteiger partial charge in [-0.2, -0.15) is 5.26 Å². The van der Waals surface area contributed by atoms with Crippen molar-refractivity contribution in [3.05, 3.63) is 310 Å². The fourth-order valence-electron chi connectivity index (χ4n) is 15.1. The summed E-state index contributed by atoms with van der Waals surface area (Å²) in [5.74, 6) is -8.73. The number of hydrogen-bond donors (Lipinski definition) is 16. The van der Waals surface area contributed by atoms with Gasteiger partial charge in [-0.15, -0.1) is 0 Å². The first kappa shape index (κ1) is 107. The Morgan fingerprint density at radius 2 is 0.729 bits per heavy atom. The van der Waals surface area contributed by atoms with Crippen LogP contribution in [-0.4, -0.2) is 218 Å². The summed E-state index contributed by atoms with van der Waals surface area (Å²) in [6.45, 7) is 17.6. The van der Waals surface area contributed by atoms with Gasteiger partial charge in [-0.05, 0) is 199 Å². The lowest BCUT2D eigenvalue weighted by molar-refractivity contribution is -0.160. The number of rotatable bonds is 30. The molecule has 12 aromatic rings. The number of nitrogens with zero attached hydrogens (tertiary/aromatic N) is 7. The number of benzene rings is 6. The number of aromatic amines is 6. The van der Waals surface area contributed by atoms with Crippen molar-refractivity contribution in [1.29, 1.82) is 5.26 Å². The summed E-state index contributed by atoms with van der Waals surface area (Å²) in [5, 5.41) is 102. The largest absolute Gasteiger partial charge is 0.506 e. The van der Waals surface area contributed by atoms with Crippen LogP contribution >= 0.6 is 0 Å². The first-order valence-corrected chi connectivity index (χ1v) is 44.5. The molecule has 2 fully saturated rings. The van der Waals surface area contributed by atoms with Gasteiger partial charge in [0, 0.05) is 115 Å². The molecule has 2 aliphatic rings. The Bertz CT molecular complexity index is 6920. The van der Waals surface area contributed by atoms with Gasteiger partial charge in [-0.25, -0.2) is 33.6 Å². The summed E-state index contributed by atoms with van der Waals surface area (Å²) in [4.78, 5) is 167. The van der Waals surface area contributed by atoms with E-state index in [1.165, 1.54) is 18.2 Å². The number of hydrogen-bond acceptors (Lipinski definition) is 24. The molecule has 37 nitrogen and oxygen atoms in total. The Hall–Kier alpha value is -16.7. The van der Waals surface area contributed by atoms with E-state index in [2.05, 4.69) is 39.6 Å². The molecule has 140 heavy (non-hydrogen) atoms. The van der Waals surface area contributed by atoms with Gasteiger partial charge in [-0.1, -0.05) is 113 Å². The molecule has 37 heteroatoms. The van der Waals surface area contributed by atoms with Gasteiger partial charge < -0.3 is 115 Å². The second kappa shape index (κ2) is 49.7. The molecular weight excluding hydrogens is 1800 g/mol. The maximum absolute atomic E-state index is 12.1. The minimum Gasteiger partial charge on any atom is -0.506 e. The minimum absolute atomic E-state index is 0.0378. The van der Waals surface area contributed by atoms with E-state index < -0.39 is 97.4 Å². The van der Waals surface area contributed by atoms with Crippen LogP contribution in [0.4, 0.5) is 34.1 Å². The second-order valence-corrected chi connectivity index (χ2v) is 32.7. The topological polar surface area (TPSA) is 565 Å². The van der Waals surface area contributed by atoms with E-state index in [4.69, 9.17) is 62.2 Å². The Morgan fingerprint density at radius 3 is 1.05 bits per heavy atom. The molecule has 1 atom stereocenters. The summed E-state index contributed by atoms with van der Waals surface area (Å²) >= 11 is 0. The molecule has 14 rings (SSSR count). The Labute approximate surface area is 803 Å². The third kappa shape index (κ3) is 27.1. The quantitative estimate of drug-likeness (QED) is 0.0186. The minimum atomic E-state index is -1.46. The van der Waals surface area contributed by atoms with E-state index in [1.54, 1.807) is 55.5 Å². The highest BCUT2D eigenvalue weighted by atomic mass is 16.7. The number of nitriles is 1. The number of aromatic nitrogens is 6. The molecule has 1 aliphatic heterocycles. The number of carboxylic acids is 6. The van der Waals surface area contributed by atoms with Gasteiger partial charge in [0.2, 0.25) is 0 Å². The monoisotopic (exact) mass is 1910 g/mol. The van der Waals surface area contributed by atoms with Crippen molar-refractivity contribution in [2.45, 2.75) is 97.7 Å². The highest BCUT2D eigenvalue weighted by molar-refractivity contribution is 5.94. The molecule has 1 saturated carbocycles. The summed E-state index contributed by atoms with van der Waals surface area (Å²) in [6, 6.07) is 51.4.